The van der Waals surface area contributed by atoms with Crippen molar-refractivity contribution in [1.29, 1.82) is 0 Å². The van der Waals surface area contributed by atoms with Gasteiger partial charge in [0.15, 0.2) is 0 Å². The molecule has 1 unspecified atom stereocenters. The van der Waals surface area contributed by atoms with Gasteiger partial charge in [0.25, 0.3) is 0 Å². The zero-order valence-electron chi connectivity index (χ0n) is 13.4. The zero-order chi connectivity index (χ0) is 17.1. The number of nitrogens with zero attached hydrogens (tertiary/aromatic N) is 1. The molecule has 1 atom stereocenters. The number of benzene rings is 2. The Labute approximate surface area is 139 Å². The second-order valence-electron chi connectivity index (χ2n) is 5.62. The van der Waals surface area contributed by atoms with Crippen molar-refractivity contribution >= 4 is 11.9 Å². The molecule has 0 saturated heterocycles. The molecular formula is C19H18FNO3. The van der Waals surface area contributed by atoms with Crippen molar-refractivity contribution in [1.82, 2.24) is 4.90 Å². The van der Waals surface area contributed by atoms with Crippen molar-refractivity contribution in [2.24, 2.45) is 0 Å². The third-order valence-corrected chi connectivity index (χ3v) is 4.18. The van der Waals surface area contributed by atoms with E-state index in [0.717, 1.165) is 16.7 Å². The first kappa shape index (κ1) is 16.2. The summed E-state index contributed by atoms with van der Waals surface area (Å²) in [6.07, 6.45) is 0.666. The lowest BCUT2D eigenvalue weighted by molar-refractivity contribution is -0.161. The van der Waals surface area contributed by atoms with E-state index in [0.29, 0.717) is 13.0 Å². The number of hydrogen-bond acceptors (Lipinski definition) is 3. The average Bonchev–Trinajstić information content (AvgIpc) is 2.61. The molecule has 24 heavy (non-hydrogen) atoms. The van der Waals surface area contributed by atoms with Crippen molar-refractivity contribution in [3.8, 4) is 0 Å². The molecule has 1 aliphatic rings. The molecule has 1 amide bonds. The van der Waals surface area contributed by atoms with E-state index in [-0.39, 0.29) is 12.4 Å². The van der Waals surface area contributed by atoms with Crippen molar-refractivity contribution in [3.63, 3.8) is 0 Å². The molecule has 0 radical (unpaired) electrons. The van der Waals surface area contributed by atoms with E-state index < -0.39 is 17.9 Å². The Bertz CT molecular complexity index is 757. The highest BCUT2D eigenvalue weighted by Gasteiger charge is 2.35. The quantitative estimate of drug-likeness (QED) is 0.629. The summed E-state index contributed by atoms with van der Waals surface area (Å²) in [7, 11) is 0. The minimum Gasteiger partial charge on any atom is -0.459 e. The van der Waals surface area contributed by atoms with Gasteiger partial charge in [0.1, 0.15) is 5.82 Å². The molecule has 0 aliphatic carbocycles. The van der Waals surface area contributed by atoms with Crippen LogP contribution >= 0.6 is 0 Å². The van der Waals surface area contributed by atoms with E-state index in [9.17, 15) is 14.0 Å². The van der Waals surface area contributed by atoms with Crippen LogP contribution in [-0.2, 0) is 20.7 Å². The van der Waals surface area contributed by atoms with E-state index in [1.807, 2.05) is 24.3 Å². The number of rotatable bonds is 2. The molecule has 124 valence electrons. The summed E-state index contributed by atoms with van der Waals surface area (Å²) < 4.78 is 18.1. The highest BCUT2D eigenvalue weighted by Crippen LogP contribution is 2.35. The van der Waals surface area contributed by atoms with Crippen molar-refractivity contribution in [3.05, 3.63) is 71.0 Å². The van der Waals surface area contributed by atoms with Crippen LogP contribution in [0.15, 0.2) is 48.5 Å². The Morgan fingerprint density at radius 3 is 2.58 bits per heavy atom. The lowest BCUT2D eigenvalue weighted by Gasteiger charge is -2.37. The maximum absolute atomic E-state index is 13.3. The fraction of sp³-hybridized carbons (Fsp3) is 0.263. The second-order valence-corrected chi connectivity index (χ2v) is 5.62. The Balaban J connectivity index is 2.03. The molecule has 0 N–H and O–H groups in total. The molecule has 2 aromatic rings. The van der Waals surface area contributed by atoms with E-state index in [1.54, 1.807) is 19.1 Å². The van der Waals surface area contributed by atoms with Gasteiger partial charge in [-0.2, -0.15) is 0 Å². The van der Waals surface area contributed by atoms with Crippen LogP contribution in [0.1, 0.15) is 29.7 Å². The summed E-state index contributed by atoms with van der Waals surface area (Å²) in [6.45, 7) is 2.22. The van der Waals surface area contributed by atoms with Gasteiger partial charge in [-0.15, -0.1) is 0 Å². The number of carbonyl (C=O) groups is 2. The number of fused-ring (bicyclic) bond motifs is 1. The normalized spacial score (nSPS) is 16.4. The second kappa shape index (κ2) is 6.83. The molecule has 1 heterocycles. The largest absolute Gasteiger partial charge is 0.459 e. The van der Waals surface area contributed by atoms with Gasteiger partial charge < -0.3 is 9.64 Å². The van der Waals surface area contributed by atoms with E-state index >= 15 is 0 Å². The van der Waals surface area contributed by atoms with Crippen LogP contribution in [0.2, 0.25) is 0 Å². The topological polar surface area (TPSA) is 46.6 Å². The Kier molecular flexibility index (Phi) is 4.60. The number of ether oxygens (including phenoxy) is 1. The zero-order valence-corrected chi connectivity index (χ0v) is 13.4. The number of esters is 1. The smallest absolute Gasteiger partial charge is 0.397 e. The van der Waals surface area contributed by atoms with Crippen LogP contribution in [0.5, 0.6) is 0 Å². The summed E-state index contributed by atoms with van der Waals surface area (Å²) in [4.78, 5) is 25.9. The molecule has 0 aromatic heterocycles. The van der Waals surface area contributed by atoms with Crippen LogP contribution in [0, 0.1) is 5.82 Å². The molecule has 2 aromatic carbocycles. The SMILES string of the molecule is CCOC(=O)C(=O)N1CCc2ccccc2C1c1ccc(F)cc1. The van der Waals surface area contributed by atoms with Crippen LogP contribution in [0.25, 0.3) is 0 Å². The summed E-state index contributed by atoms with van der Waals surface area (Å²) in [6, 6.07) is 13.4. The molecule has 4 nitrogen and oxygen atoms in total. The third-order valence-electron chi connectivity index (χ3n) is 4.18. The Hall–Kier alpha value is -2.69. The molecule has 3 rings (SSSR count). The van der Waals surface area contributed by atoms with Crippen LogP contribution in [0.4, 0.5) is 4.39 Å². The Morgan fingerprint density at radius 2 is 1.88 bits per heavy atom. The monoisotopic (exact) mass is 327 g/mol. The Morgan fingerprint density at radius 1 is 1.17 bits per heavy atom. The highest BCUT2D eigenvalue weighted by atomic mass is 19.1. The van der Waals surface area contributed by atoms with Gasteiger partial charge in [-0.05, 0) is 42.2 Å². The summed E-state index contributed by atoms with van der Waals surface area (Å²) in [5.74, 6) is -1.87. The average molecular weight is 327 g/mol. The van der Waals surface area contributed by atoms with E-state index in [2.05, 4.69) is 0 Å². The minimum absolute atomic E-state index is 0.149. The maximum atomic E-state index is 13.3. The van der Waals surface area contributed by atoms with Gasteiger partial charge in [-0.3, -0.25) is 4.79 Å². The number of hydrogen-bond donors (Lipinski definition) is 0. The van der Waals surface area contributed by atoms with Gasteiger partial charge >= 0.3 is 11.9 Å². The lowest BCUT2D eigenvalue weighted by atomic mass is 9.88. The molecule has 0 bridgehead atoms. The fourth-order valence-electron chi connectivity index (χ4n) is 3.10. The first-order valence-corrected chi connectivity index (χ1v) is 7.92. The van der Waals surface area contributed by atoms with Crippen molar-refractivity contribution < 1.29 is 18.7 Å². The van der Waals surface area contributed by atoms with Gasteiger partial charge in [-0.25, -0.2) is 9.18 Å². The third kappa shape index (κ3) is 3.02. The molecule has 0 saturated carbocycles. The van der Waals surface area contributed by atoms with Gasteiger partial charge in [0.2, 0.25) is 0 Å². The lowest BCUT2D eigenvalue weighted by Crippen LogP contribution is -2.44. The summed E-state index contributed by atoms with van der Waals surface area (Å²) >= 11 is 0. The predicted molar refractivity (Wildman–Crippen MR) is 86.7 cm³/mol. The maximum Gasteiger partial charge on any atom is 0.397 e. The van der Waals surface area contributed by atoms with Crippen LogP contribution in [0.3, 0.4) is 0 Å². The molecule has 0 spiro atoms. The number of halogens is 1. The van der Waals surface area contributed by atoms with E-state index in [4.69, 9.17) is 4.74 Å². The van der Waals surface area contributed by atoms with E-state index in [1.165, 1.54) is 17.0 Å². The standard InChI is InChI=1S/C19H18FNO3/c1-2-24-19(23)18(22)21-12-11-13-5-3-4-6-16(13)17(21)14-7-9-15(20)10-8-14/h3-10,17H,2,11-12H2,1H3. The molecule has 1 aliphatic heterocycles. The van der Waals surface area contributed by atoms with Crippen molar-refractivity contribution in [2.75, 3.05) is 13.2 Å². The first-order valence-electron chi connectivity index (χ1n) is 7.92. The van der Waals surface area contributed by atoms with Gasteiger partial charge in [0.05, 0.1) is 12.6 Å². The minimum atomic E-state index is -0.857. The fourth-order valence-corrected chi connectivity index (χ4v) is 3.10. The number of carbonyl (C=O) groups excluding carboxylic acids is 2. The number of amides is 1. The van der Waals surface area contributed by atoms with Crippen LogP contribution in [-0.4, -0.2) is 29.9 Å². The van der Waals surface area contributed by atoms with Crippen LogP contribution < -0.4 is 0 Å². The molecule has 5 heteroatoms. The first-order chi connectivity index (χ1) is 11.6. The summed E-state index contributed by atoms with van der Waals surface area (Å²) in [5, 5.41) is 0. The molecular weight excluding hydrogens is 309 g/mol. The van der Waals surface area contributed by atoms with Gasteiger partial charge in [0, 0.05) is 6.54 Å². The summed E-state index contributed by atoms with van der Waals surface area (Å²) in [5.41, 5.74) is 2.84. The predicted octanol–water partition coefficient (Wildman–Crippen LogP) is 2.86. The van der Waals surface area contributed by atoms with Crippen molar-refractivity contribution in [2.45, 2.75) is 19.4 Å². The van der Waals surface area contributed by atoms with Gasteiger partial charge in [-0.1, -0.05) is 36.4 Å². The highest BCUT2D eigenvalue weighted by molar-refractivity contribution is 6.32. The molecule has 0 fully saturated rings.